The third-order valence-electron chi connectivity index (χ3n) is 3.48. The van der Waals surface area contributed by atoms with Crippen molar-refractivity contribution in [1.82, 2.24) is 24.9 Å². The standard InChI is InChI=1S/C15H23N5O/c1-5-19-10-14(13(4)18-19)12(3)17-15(21)6-7-20-9-11(2)8-16-20/h8-10,12H,5-7H2,1-4H3,(H,17,21). The highest BCUT2D eigenvalue weighted by Crippen LogP contribution is 2.16. The molecule has 0 aliphatic carbocycles. The van der Waals surface area contributed by atoms with Crippen molar-refractivity contribution >= 4 is 5.91 Å². The summed E-state index contributed by atoms with van der Waals surface area (Å²) >= 11 is 0. The van der Waals surface area contributed by atoms with Gasteiger partial charge in [0.15, 0.2) is 0 Å². The van der Waals surface area contributed by atoms with Crippen LogP contribution in [0.15, 0.2) is 18.6 Å². The Balaban J connectivity index is 1.88. The molecule has 1 N–H and O–H groups in total. The summed E-state index contributed by atoms with van der Waals surface area (Å²) in [7, 11) is 0. The quantitative estimate of drug-likeness (QED) is 0.884. The zero-order valence-corrected chi connectivity index (χ0v) is 13.1. The van der Waals surface area contributed by atoms with E-state index in [2.05, 4.69) is 15.5 Å². The van der Waals surface area contributed by atoms with Crippen LogP contribution >= 0.6 is 0 Å². The van der Waals surface area contributed by atoms with Crippen molar-refractivity contribution in [2.75, 3.05) is 0 Å². The predicted octanol–water partition coefficient (Wildman–Crippen LogP) is 1.98. The number of carbonyl (C=O) groups excluding carboxylic acids is 1. The molecule has 0 saturated carbocycles. The molecule has 1 amide bonds. The van der Waals surface area contributed by atoms with Gasteiger partial charge in [-0.05, 0) is 33.3 Å². The van der Waals surface area contributed by atoms with Crippen molar-refractivity contribution in [3.63, 3.8) is 0 Å². The molecular weight excluding hydrogens is 266 g/mol. The third-order valence-corrected chi connectivity index (χ3v) is 3.48. The van der Waals surface area contributed by atoms with Gasteiger partial charge in [-0.25, -0.2) is 0 Å². The summed E-state index contributed by atoms with van der Waals surface area (Å²) in [6, 6.07) is -0.0304. The van der Waals surface area contributed by atoms with Crippen molar-refractivity contribution in [3.05, 3.63) is 35.4 Å². The Bertz CT molecular complexity index is 613. The molecule has 2 rings (SSSR count). The minimum atomic E-state index is -0.0304. The number of rotatable bonds is 6. The second kappa shape index (κ2) is 6.56. The first-order chi connectivity index (χ1) is 9.99. The molecule has 0 aliphatic rings. The van der Waals surface area contributed by atoms with Crippen LogP contribution in [0.5, 0.6) is 0 Å². The number of carbonyl (C=O) groups is 1. The third kappa shape index (κ3) is 3.93. The van der Waals surface area contributed by atoms with E-state index >= 15 is 0 Å². The largest absolute Gasteiger partial charge is 0.349 e. The van der Waals surface area contributed by atoms with Gasteiger partial charge in [-0.1, -0.05) is 0 Å². The van der Waals surface area contributed by atoms with E-state index in [1.54, 1.807) is 10.9 Å². The maximum atomic E-state index is 12.0. The number of hydrogen-bond donors (Lipinski definition) is 1. The smallest absolute Gasteiger partial charge is 0.222 e. The molecule has 0 aromatic carbocycles. The molecule has 1 unspecified atom stereocenters. The summed E-state index contributed by atoms with van der Waals surface area (Å²) in [4.78, 5) is 12.0. The average molecular weight is 289 g/mol. The van der Waals surface area contributed by atoms with Crippen LogP contribution in [-0.2, 0) is 17.9 Å². The van der Waals surface area contributed by atoms with Crippen LogP contribution in [0.25, 0.3) is 0 Å². The van der Waals surface area contributed by atoms with Crippen LogP contribution < -0.4 is 5.32 Å². The Morgan fingerprint density at radius 1 is 1.33 bits per heavy atom. The van der Waals surface area contributed by atoms with Crippen LogP contribution in [0.4, 0.5) is 0 Å². The second-order valence-corrected chi connectivity index (χ2v) is 5.35. The molecule has 6 nitrogen and oxygen atoms in total. The summed E-state index contributed by atoms with van der Waals surface area (Å²) < 4.78 is 3.68. The first-order valence-corrected chi connectivity index (χ1v) is 7.32. The fourth-order valence-corrected chi connectivity index (χ4v) is 2.32. The average Bonchev–Trinajstić information content (AvgIpc) is 3.02. The van der Waals surface area contributed by atoms with Gasteiger partial charge in [0.2, 0.25) is 5.91 Å². The Hall–Kier alpha value is -2.11. The highest BCUT2D eigenvalue weighted by Gasteiger charge is 2.14. The van der Waals surface area contributed by atoms with E-state index in [4.69, 9.17) is 0 Å². The van der Waals surface area contributed by atoms with E-state index in [0.717, 1.165) is 23.4 Å². The van der Waals surface area contributed by atoms with Crippen molar-refractivity contribution in [3.8, 4) is 0 Å². The van der Waals surface area contributed by atoms with Crippen molar-refractivity contribution in [1.29, 1.82) is 0 Å². The molecule has 2 aromatic heterocycles. The minimum Gasteiger partial charge on any atom is -0.349 e. The molecule has 1 atom stereocenters. The fraction of sp³-hybridized carbons (Fsp3) is 0.533. The summed E-state index contributed by atoms with van der Waals surface area (Å²) in [6.07, 6.45) is 6.15. The highest BCUT2D eigenvalue weighted by atomic mass is 16.1. The normalized spacial score (nSPS) is 12.4. The van der Waals surface area contributed by atoms with Gasteiger partial charge in [-0.3, -0.25) is 14.2 Å². The highest BCUT2D eigenvalue weighted by molar-refractivity contribution is 5.76. The summed E-state index contributed by atoms with van der Waals surface area (Å²) in [5, 5.41) is 11.6. The summed E-state index contributed by atoms with van der Waals surface area (Å²) in [6.45, 7) is 9.42. The number of nitrogens with zero attached hydrogens (tertiary/aromatic N) is 4. The molecule has 21 heavy (non-hydrogen) atoms. The first-order valence-electron chi connectivity index (χ1n) is 7.32. The van der Waals surface area contributed by atoms with E-state index in [0.29, 0.717) is 13.0 Å². The fourth-order valence-electron chi connectivity index (χ4n) is 2.32. The molecule has 2 aromatic rings. The Morgan fingerprint density at radius 3 is 2.67 bits per heavy atom. The molecule has 2 heterocycles. The maximum absolute atomic E-state index is 12.0. The molecule has 0 bridgehead atoms. The minimum absolute atomic E-state index is 0.0271. The van der Waals surface area contributed by atoms with Crippen LogP contribution in [0.3, 0.4) is 0 Å². The molecule has 0 aliphatic heterocycles. The topological polar surface area (TPSA) is 64.7 Å². The Morgan fingerprint density at radius 2 is 2.10 bits per heavy atom. The van der Waals surface area contributed by atoms with Gasteiger partial charge in [0.25, 0.3) is 0 Å². The molecule has 0 radical (unpaired) electrons. The monoisotopic (exact) mass is 289 g/mol. The van der Waals surface area contributed by atoms with Gasteiger partial charge in [-0.15, -0.1) is 0 Å². The molecule has 0 fully saturated rings. The second-order valence-electron chi connectivity index (χ2n) is 5.35. The lowest BCUT2D eigenvalue weighted by Crippen LogP contribution is -2.27. The van der Waals surface area contributed by atoms with Crippen molar-refractivity contribution in [2.24, 2.45) is 0 Å². The zero-order chi connectivity index (χ0) is 15.4. The first kappa shape index (κ1) is 15.3. The zero-order valence-electron chi connectivity index (χ0n) is 13.1. The number of amides is 1. The summed E-state index contributed by atoms with van der Waals surface area (Å²) in [5.41, 5.74) is 3.14. The Labute approximate surface area is 125 Å². The van der Waals surface area contributed by atoms with E-state index in [9.17, 15) is 4.79 Å². The van der Waals surface area contributed by atoms with Crippen LogP contribution in [0, 0.1) is 13.8 Å². The van der Waals surface area contributed by atoms with Crippen LogP contribution in [-0.4, -0.2) is 25.5 Å². The number of hydrogen-bond acceptors (Lipinski definition) is 3. The maximum Gasteiger partial charge on any atom is 0.222 e. The van der Waals surface area contributed by atoms with Gasteiger partial charge in [-0.2, -0.15) is 10.2 Å². The molecule has 6 heteroatoms. The van der Waals surface area contributed by atoms with Crippen LogP contribution in [0.1, 0.15) is 43.1 Å². The predicted molar refractivity (Wildman–Crippen MR) is 80.8 cm³/mol. The molecular formula is C15H23N5O. The lowest BCUT2D eigenvalue weighted by Gasteiger charge is -2.13. The van der Waals surface area contributed by atoms with Crippen molar-refractivity contribution in [2.45, 2.75) is 53.2 Å². The van der Waals surface area contributed by atoms with Crippen molar-refractivity contribution < 1.29 is 4.79 Å². The lowest BCUT2D eigenvalue weighted by molar-refractivity contribution is -0.122. The Kier molecular flexibility index (Phi) is 4.77. The SMILES string of the molecule is CCn1cc(C(C)NC(=O)CCn2cc(C)cn2)c(C)n1. The van der Waals surface area contributed by atoms with Gasteiger partial charge < -0.3 is 5.32 Å². The van der Waals surface area contributed by atoms with Gasteiger partial charge in [0.1, 0.15) is 0 Å². The summed E-state index contributed by atoms with van der Waals surface area (Å²) in [5.74, 6) is 0.0271. The van der Waals surface area contributed by atoms with E-state index in [-0.39, 0.29) is 11.9 Å². The van der Waals surface area contributed by atoms with Gasteiger partial charge in [0.05, 0.1) is 17.9 Å². The molecule has 0 saturated heterocycles. The van der Waals surface area contributed by atoms with E-state index in [1.165, 1.54) is 0 Å². The number of nitrogens with one attached hydrogen (secondary N) is 1. The van der Waals surface area contributed by atoms with Crippen LogP contribution in [0.2, 0.25) is 0 Å². The molecule has 0 spiro atoms. The molecule has 114 valence electrons. The number of aryl methyl sites for hydroxylation is 4. The number of aromatic nitrogens is 4. The van der Waals surface area contributed by atoms with Gasteiger partial charge >= 0.3 is 0 Å². The lowest BCUT2D eigenvalue weighted by atomic mass is 10.1. The van der Waals surface area contributed by atoms with Gasteiger partial charge in [0, 0.05) is 37.5 Å². The van der Waals surface area contributed by atoms with E-state index in [1.807, 2.05) is 44.8 Å². The van der Waals surface area contributed by atoms with E-state index < -0.39 is 0 Å².